The Hall–Kier alpha value is -1.99. The van der Waals surface area contributed by atoms with Crippen LogP contribution in [0, 0.1) is 5.92 Å². The molecule has 2 heterocycles. The van der Waals surface area contributed by atoms with Crippen LogP contribution in [0.1, 0.15) is 31.2 Å². The molecule has 2 aliphatic rings. The van der Waals surface area contributed by atoms with Crippen molar-refractivity contribution in [1.29, 1.82) is 0 Å². The number of benzene rings is 2. The van der Waals surface area contributed by atoms with Crippen LogP contribution in [0.4, 0.5) is 0 Å². The number of carbonyl (C=O) groups is 1. The molecule has 0 unspecified atom stereocenters. The van der Waals surface area contributed by atoms with Crippen LogP contribution in [0.3, 0.4) is 0 Å². The van der Waals surface area contributed by atoms with Gasteiger partial charge >= 0.3 is 5.97 Å². The Balaban J connectivity index is 1.21. The molecule has 0 radical (unpaired) electrons. The molecule has 0 saturated carbocycles. The van der Waals surface area contributed by atoms with Crippen molar-refractivity contribution in [2.24, 2.45) is 5.92 Å². The van der Waals surface area contributed by atoms with E-state index in [2.05, 4.69) is 9.80 Å². The number of aromatic hydroxyl groups is 1. The molecule has 2 aliphatic heterocycles. The first-order valence-electron chi connectivity index (χ1n) is 12.0. The van der Waals surface area contributed by atoms with Crippen molar-refractivity contribution < 1.29 is 19.7 Å². The Labute approximate surface area is 211 Å². The van der Waals surface area contributed by atoms with Crippen molar-refractivity contribution in [2.75, 3.05) is 32.7 Å². The van der Waals surface area contributed by atoms with Crippen LogP contribution < -0.4 is 4.74 Å². The summed E-state index contributed by atoms with van der Waals surface area (Å²) < 4.78 is 6.10. The van der Waals surface area contributed by atoms with Gasteiger partial charge in [0, 0.05) is 32.1 Å². The number of carboxylic acid groups (broad SMARTS) is 1. The van der Waals surface area contributed by atoms with Crippen molar-refractivity contribution in [3.8, 4) is 11.5 Å². The van der Waals surface area contributed by atoms with E-state index in [0.29, 0.717) is 27.9 Å². The van der Waals surface area contributed by atoms with E-state index >= 15 is 0 Å². The minimum absolute atomic E-state index is 0.162. The molecule has 0 aliphatic carbocycles. The summed E-state index contributed by atoms with van der Waals surface area (Å²) in [5, 5.41) is 20.9. The minimum atomic E-state index is -0.828. The van der Waals surface area contributed by atoms with Gasteiger partial charge in [-0.25, -0.2) is 0 Å². The molecule has 6 nitrogen and oxygen atoms in total. The van der Waals surface area contributed by atoms with Crippen molar-refractivity contribution >= 4 is 29.2 Å². The fraction of sp³-hybridized carbons (Fsp3) is 0.500. The molecule has 2 fully saturated rings. The third-order valence-electron chi connectivity index (χ3n) is 7.02. The number of likely N-dealkylation sites (tertiary alicyclic amines) is 2. The second-order valence-electron chi connectivity index (χ2n) is 9.36. The molecule has 0 spiro atoms. The summed E-state index contributed by atoms with van der Waals surface area (Å²) in [4.78, 5) is 16.5. The number of hydrogen-bond donors (Lipinski definition) is 2. The van der Waals surface area contributed by atoms with Crippen LogP contribution in [-0.2, 0) is 11.2 Å². The first kappa shape index (κ1) is 25.1. The molecule has 4 rings (SSSR count). The molecule has 8 heteroatoms. The average Bonchev–Trinajstić information content (AvgIpc) is 2.83. The maximum Gasteiger partial charge on any atom is 0.321 e. The summed E-state index contributed by atoms with van der Waals surface area (Å²) in [6.45, 7) is 4.58. The highest BCUT2D eigenvalue weighted by molar-refractivity contribution is 6.42. The summed E-state index contributed by atoms with van der Waals surface area (Å²) >= 11 is 12.1. The van der Waals surface area contributed by atoms with Crippen molar-refractivity contribution in [3.63, 3.8) is 0 Å². The number of phenolic OH excluding ortho intramolecular Hbond substituents is 1. The molecule has 0 amide bonds. The van der Waals surface area contributed by atoms with Crippen molar-refractivity contribution in [2.45, 2.75) is 44.2 Å². The standard InChI is InChI=1S/C26H32Cl2N2O4/c27-22-6-5-21(16-23(22)28)34-20-9-11-29(12-10-20)17-18-7-13-30(14-8-18)24(26(32)33)15-19-3-1-2-4-25(19)31/h1-6,16,18,20,24,31H,7-15,17H2,(H,32,33)/t24-/m0/s1. The number of ether oxygens (including phenoxy) is 1. The maximum absolute atomic E-state index is 12.0. The highest BCUT2D eigenvalue weighted by Gasteiger charge is 2.31. The lowest BCUT2D eigenvalue weighted by atomic mass is 9.93. The Bertz CT molecular complexity index is 973. The minimum Gasteiger partial charge on any atom is -0.508 e. The number of carboxylic acids is 1. The zero-order valence-corrected chi connectivity index (χ0v) is 20.7. The van der Waals surface area contributed by atoms with E-state index in [1.54, 1.807) is 30.3 Å². The molecule has 2 aromatic rings. The van der Waals surface area contributed by atoms with Gasteiger partial charge < -0.3 is 19.8 Å². The summed E-state index contributed by atoms with van der Waals surface area (Å²) in [5.41, 5.74) is 0.683. The third kappa shape index (κ3) is 6.57. The van der Waals surface area contributed by atoms with E-state index in [0.717, 1.165) is 64.2 Å². The highest BCUT2D eigenvalue weighted by Crippen LogP contribution is 2.29. The van der Waals surface area contributed by atoms with Gasteiger partial charge in [-0.05, 0) is 68.5 Å². The molecule has 2 saturated heterocycles. The van der Waals surface area contributed by atoms with Crippen molar-refractivity contribution in [3.05, 3.63) is 58.1 Å². The van der Waals surface area contributed by atoms with Crippen LogP contribution in [0.25, 0.3) is 0 Å². The molecule has 2 aromatic carbocycles. The predicted octanol–water partition coefficient (Wildman–Crippen LogP) is 4.95. The van der Waals surface area contributed by atoms with Crippen LogP contribution in [0.5, 0.6) is 11.5 Å². The van der Waals surface area contributed by atoms with Crippen LogP contribution in [0.15, 0.2) is 42.5 Å². The Morgan fingerprint density at radius 2 is 1.71 bits per heavy atom. The van der Waals surface area contributed by atoms with Gasteiger partial charge in [0.05, 0.1) is 10.0 Å². The number of halogens is 2. The van der Waals surface area contributed by atoms with Gasteiger partial charge in [-0.3, -0.25) is 9.69 Å². The number of nitrogens with zero attached hydrogens (tertiary/aromatic N) is 2. The molecule has 34 heavy (non-hydrogen) atoms. The van der Waals surface area contributed by atoms with Gasteiger partial charge in [0.15, 0.2) is 0 Å². The van der Waals surface area contributed by atoms with Gasteiger partial charge in [-0.1, -0.05) is 41.4 Å². The Morgan fingerprint density at radius 1 is 1.00 bits per heavy atom. The second kappa shape index (κ2) is 11.6. The fourth-order valence-electron chi connectivity index (χ4n) is 5.03. The monoisotopic (exact) mass is 506 g/mol. The van der Waals surface area contributed by atoms with Crippen LogP contribution in [0.2, 0.25) is 10.0 Å². The number of hydrogen-bond acceptors (Lipinski definition) is 5. The van der Waals surface area contributed by atoms with Crippen LogP contribution >= 0.6 is 23.2 Å². The van der Waals surface area contributed by atoms with E-state index in [1.165, 1.54) is 0 Å². The van der Waals surface area contributed by atoms with Gasteiger partial charge in [-0.2, -0.15) is 0 Å². The molecule has 2 N–H and O–H groups in total. The van der Waals surface area contributed by atoms with Crippen LogP contribution in [-0.4, -0.2) is 70.9 Å². The molecule has 0 bridgehead atoms. The molecule has 184 valence electrons. The zero-order valence-electron chi connectivity index (χ0n) is 19.2. The van der Waals surface area contributed by atoms with Gasteiger partial charge in [0.2, 0.25) is 0 Å². The number of para-hydroxylation sites is 1. The van der Waals surface area contributed by atoms with E-state index in [-0.39, 0.29) is 11.9 Å². The van der Waals surface area contributed by atoms with E-state index in [9.17, 15) is 15.0 Å². The molecule has 0 aromatic heterocycles. The number of piperidine rings is 2. The molecular formula is C26H32Cl2N2O4. The van der Waals surface area contributed by atoms with E-state index in [1.807, 2.05) is 12.1 Å². The quantitative estimate of drug-likeness (QED) is 0.527. The van der Waals surface area contributed by atoms with Gasteiger partial charge in [0.25, 0.3) is 0 Å². The lowest BCUT2D eigenvalue weighted by Crippen LogP contribution is -2.48. The third-order valence-corrected chi connectivity index (χ3v) is 7.76. The largest absolute Gasteiger partial charge is 0.508 e. The summed E-state index contributed by atoms with van der Waals surface area (Å²) in [6.07, 6.45) is 4.43. The second-order valence-corrected chi connectivity index (χ2v) is 10.2. The topological polar surface area (TPSA) is 73.2 Å². The predicted molar refractivity (Wildman–Crippen MR) is 134 cm³/mol. The summed E-state index contributed by atoms with van der Waals surface area (Å²) in [7, 11) is 0. The van der Waals surface area contributed by atoms with E-state index in [4.69, 9.17) is 27.9 Å². The normalized spacial score (nSPS) is 19.7. The SMILES string of the molecule is O=C(O)[C@H](Cc1ccccc1O)N1CCC(CN2CCC(Oc3ccc(Cl)c(Cl)c3)CC2)CC1. The molecular weight excluding hydrogens is 475 g/mol. The highest BCUT2D eigenvalue weighted by atomic mass is 35.5. The number of aliphatic carboxylic acids is 1. The Kier molecular flexibility index (Phi) is 8.59. The Morgan fingerprint density at radius 3 is 2.35 bits per heavy atom. The van der Waals surface area contributed by atoms with Gasteiger partial charge in [-0.15, -0.1) is 0 Å². The fourth-order valence-corrected chi connectivity index (χ4v) is 5.32. The first-order chi connectivity index (χ1) is 16.4. The number of phenols is 1. The maximum atomic E-state index is 12.0. The average molecular weight is 507 g/mol. The van der Waals surface area contributed by atoms with Crippen molar-refractivity contribution in [1.82, 2.24) is 9.80 Å². The lowest BCUT2D eigenvalue weighted by molar-refractivity contribution is -0.144. The summed E-state index contributed by atoms with van der Waals surface area (Å²) in [5.74, 6) is 0.668. The number of rotatable bonds is 8. The van der Waals surface area contributed by atoms with E-state index < -0.39 is 12.0 Å². The lowest BCUT2D eigenvalue weighted by Gasteiger charge is -2.39. The summed E-state index contributed by atoms with van der Waals surface area (Å²) in [6, 6.07) is 11.8. The zero-order chi connectivity index (χ0) is 24.1. The first-order valence-corrected chi connectivity index (χ1v) is 12.7. The molecule has 1 atom stereocenters. The smallest absolute Gasteiger partial charge is 0.321 e. The van der Waals surface area contributed by atoms with Gasteiger partial charge in [0.1, 0.15) is 23.6 Å².